The number of hydrogen-bond donors (Lipinski definition) is 3. The summed E-state index contributed by atoms with van der Waals surface area (Å²) < 4.78 is 5.09. The van der Waals surface area contributed by atoms with Crippen molar-refractivity contribution in [1.29, 1.82) is 0 Å². The third kappa shape index (κ3) is 2.37. The van der Waals surface area contributed by atoms with E-state index in [2.05, 4.69) is 0 Å². The van der Waals surface area contributed by atoms with Crippen LogP contribution in [0.4, 0.5) is 0 Å². The Hall–Kier alpha value is -1.26. The largest absolute Gasteiger partial charge is 0.508 e. The second-order valence-corrected chi connectivity index (χ2v) is 4.63. The summed E-state index contributed by atoms with van der Waals surface area (Å²) in [6.45, 7) is 0. The van der Waals surface area contributed by atoms with Gasteiger partial charge in [0.2, 0.25) is 0 Å². The van der Waals surface area contributed by atoms with Gasteiger partial charge in [0, 0.05) is 5.56 Å². The third-order valence-electron chi connectivity index (χ3n) is 3.59. The van der Waals surface area contributed by atoms with Crippen LogP contribution in [0.1, 0.15) is 30.9 Å². The molecule has 0 aromatic heterocycles. The van der Waals surface area contributed by atoms with E-state index in [9.17, 15) is 10.2 Å². The lowest BCUT2D eigenvalue weighted by Gasteiger charge is -2.34. The first-order valence-electron chi connectivity index (χ1n) is 5.94. The molecule has 0 aliphatic heterocycles. The highest BCUT2D eigenvalue weighted by molar-refractivity contribution is 5.41. The van der Waals surface area contributed by atoms with E-state index in [0.717, 1.165) is 19.3 Å². The normalized spacial score (nSPS) is 19.5. The molecule has 94 valence electrons. The van der Waals surface area contributed by atoms with E-state index in [0.29, 0.717) is 11.3 Å². The number of methoxy groups -OCH3 is 1. The second-order valence-electron chi connectivity index (χ2n) is 4.63. The van der Waals surface area contributed by atoms with Crippen molar-refractivity contribution >= 4 is 0 Å². The number of nitrogens with two attached hydrogens (primary N) is 1. The zero-order chi connectivity index (χ0) is 12.4. The van der Waals surface area contributed by atoms with Gasteiger partial charge >= 0.3 is 0 Å². The lowest BCUT2D eigenvalue weighted by Crippen LogP contribution is -2.36. The van der Waals surface area contributed by atoms with Crippen molar-refractivity contribution in [3.05, 3.63) is 23.8 Å². The van der Waals surface area contributed by atoms with Gasteiger partial charge in [-0.05, 0) is 37.0 Å². The minimum atomic E-state index is -0.596. The molecule has 0 amide bonds. The molecule has 17 heavy (non-hydrogen) atoms. The highest BCUT2D eigenvalue weighted by Crippen LogP contribution is 2.37. The average Bonchev–Trinajstić information content (AvgIpc) is 2.26. The van der Waals surface area contributed by atoms with E-state index in [-0.39, 0.29) is 11.7 Å². The van der Waals surface area contributed by atoms with E-state index in [1.807, 2.05) is 0 Å². The van der Waals surface area contributed by atoms with Crippen LogP contribution in [-0.2, 0) is 0 Å². The Morgan fingerprint density at radius 2 is 2.12 bits per heavy atom. The van der Waals surface area contributed by atoms with Crippen molar-refractivity contribution in [3.63, 3.8) is 0 Å². The number of phenols is 1. The Bertz CT molecular complexity index is 390. The molecule has 1 aliphatic rings. The Balaban J connectivity index is 2.19. The first kappa shape index (κ1) is 12.2. The van der Waals surface area contributed by atoms with Crippen molar-refractivity contribution in [2.45, 2.75) is 31.4 Å². The van der Waals surface area contributed by atoms with Crippen LogP contribution in [-0.4, -0.2) is 23.4 Å². The van der Waals surface area contributed by atoms with Gasteiger partial charge in [-0.15, -0.1) is 0 Å². The van der Waals surface area contributed by atoms with Gasteiger partial charge in [-0.25, -0.2) is 0 Å². The molecule has 1 aromatic rings. The first-order valence-corrected chi connectivity index (χ1v) is 5.94. The fourth-order valence-corrected chi connectivity index (χ4v) is 2.19. The highest BCUT2D eigenvalue weighted by Gasteiger charge is 2.31. The van der Waals surface area contributed by atoms with E-state index < -0.39 is 12.1 Å². The monoisotopic (exact) mass is 237 g/mol. The fourth-order valence-electron chi connectivity index (χ4n) is 2.19. The molecule has 4 N–H and O–H groups in total. The van der Waals surface area contributed by atoms with Crippen LogP contribution in [0.3, 0.4) is 0 Å². The molecule has 0 heterocycles. The molecule has 1 saturated carbocycles. The zero-order valence-corrected chi connectivity index (χ0v) is 9.97. The second kappa shape index (κ2) is 4.94. The molecule has 1 fully saturated rings. The minimum absolute atomic E-state index is 0.108. The minimum Gasteiger partial charge on any atom is -0.508 e. The van der Waals surface area contributed by atoms with Crippen molar-refractivity contribution in [1.82, 2.24) is 0 Å². The van der Waals surface area contributed by atoms with Gasteiger partial charge in [0.15, 0.2) is 0 Å². The Morgan fingerprint density at radius 3 is 2.65 bits per heavy atom. The molecule has 0 bridgehead atoms. The standard InChI is InChI=1S/C13H19NO3/c1-17-9-5-6-11(15)10(7-9)12(14)13(16)8-3-2-4-8/h5-8,12-13,15-16H,2-4,14H2,1H3/t12-,13+/m0/s1. The summed E-state index contributed by atoms with van der Waals surface area (Å²) in [4.78, 5) is 0. The van der Waals surface area contributed by atoms with E-state index >= 15 is 0 Å². The topological polar surface area (TPSA) is 75.7 Å². The molecule has 2 atom stereocenters. The van der Waals surface area contributed by atoms with Crippen molar-refractivity contribution < 1.29 is 14.9 Å². The summed E-state index contributed by atoms with van der Waals surface area (Å²) in [7, 11) is 1.56. The maximum absolute atomic E-state index is 10.1. The van der Waals surface area contributed by atoms with Gasteiger partial charge in [0.1, 0.15) is 11.5 Å². The highest BCUT2D eigenvalue weighted by atomic mass is 16.5. The van der Waals surface area contributed by atoms with Gasteiger partial charge in [-0.2, -0.15) is 0 Å². The van der Waals surface area contributed by atoms with Gasteiger partial charge in [-0.3, -0.25) is 0 Å². The molecule has 1 aromatic carbocycles. The van der Waals surface area contributed by atoms with Gasteiger partial charge in [0.25, 0.3) is 0 Å². The smallest absolute Gasteiger partial charge is 0.120 e. The molecule has 0 saturated heterocycles. The molecular formula is C13H19NO3. The zero-order valence-electron chi connectivity index (χ0n) is 9.97. The van der Waals surface area contributed by atoms with Crippen LogP contribution in [0.25, 0.3) is 0 Å². The number of benzene rings is 1. The SMILES string of the molecule is COc1ccc(O)c([C@H](N)[C@H](O)C2CCC2)c1. The summed E-state index contributed by atoms with van der Waals surface area (Å²) in [6, 6.07) is 4.33. The maximum atomic E-state index is 10.1. The van der Waals surface area contributed by atoms with Crippen molar-refractivity contribution in [2.24, 2.45) is 11.7 Å². The molecule has 0 unspecified atom stereocenters. The summed E-state index contributed by atoms with van der Waals surface area (Å²) in [6.07, 6.45) is 2.58. The summed E-state index contributed by atoms with van der Waals surface area (Å²) >= 11 is 0. The lowest BCUT2D eigenvalue weighted by molar-refractivity contribution is 0.0407. The van der Waals surface area contributed by atoms with E-state index in [4.69, 9.17) is 10.5 Å². The Morgan fingerprint density at radius 1 is 1.41 bits per heavy atom. The molecule has 4 heteroatoms. The van der Waals surface area contributed by atoms with Crippen LogP contribution in [0.15, 0.2) is 18.2 Å². The quantitative estimate of drug-likeness (QED) is 0.743. The lowest BCUT2D eigenvalue weighted by atomic mass is 9.77. The molecular weight excluding hydrogens is 218 g/mol. The number of ether oxygens (including phenoxy) is 1. The number of rotatable bonds is 4. The van der Waals surface area contributed by atoms with Crippen LogP contribution >= 0.6 is 0 Å². The Labute approximate surface area is 101 Å². The van der Waals surface area contributed by atoms with Crippen LogP contribution in [0.5, 0.6) is 11.5 Å². The fraction of sp³-hybridized carbons (Fsp3) is 0.538. The van der Waals surface area contributed by atoms with Crippen LogP contribution < -0.4 is 10.5 Å². The molecule has 0 spiro atoms. The predicted octanol–water partition coefficient (Wildman–Crippen LogP) is 1.56. The number of phenolic OH excluding ortho intramolecular Hbond substituents is 1. The predicted molar refractivity (Wildman–Crippen MR) is 64.9 cm³/mol. The first-order chi connectivity index (χ1) is 8.13. The van der Waals surface area contributed by atoms with E-state index in [1.54, 1.807) is 25.3 Å². The van der Waals surface area contributed by atoms with Crippen molar-refractivity contribution in [3.8, 4) is 11.5 Å². The van der Waals surface area contributed by atoms with Gasteiger partial charge < -0.3 is 20.7 Å². The maximum Gasteiger partial charge on any atom is 0.120 e. The Kier molecular flexibility index (Phi) is 3.54. The van der Waals surface area contributed by atoms with Crippen LogP contribution in [0, 0.1) is 5.92 Å². The summed E-state index contributed by atoms with van der Waals surface area (Å²) in [5, 5.41) is 19.9. The summed E-state index contributed by atoms with van der Waals surface area (Å²) in [5.41, 5.74) is 6.55. The molecule has 4 nitrogen and oxygen atoms in total. The average molecular weight is 237 g/mol. The number of aromatic hydroxyl groups is 1. The molecule has 2 rings (SSSR count). The number of hydrogen-bond acceptors (Lipinski definition) is 4. The van der Waals surface area contributed by atoms with Gasteiger partial charge in [0.05, 0.1) is 19.3 Å². The number of aliphatic hydroxyl groups is 1. The number of aliphatic hydroxyl groups excluding tert-OH is 1. The molecule has 1 aliphatic carbocycles. The van der Waals surface area contributed by atoms with Crippen molar-refractivity contribution in [2.75, 3.05) is 7.11 Å². The van der Waals surface area contributed by atoms with Gasteiger partial charge in [-0.1, -0.05) is 6.42 Å². The van der Waals surface area contributed by atoms with E-state index in [1.165, 1.54) is 0 Å². The molecule has 0 radical (unpaired) electrons. The summed E-state index contributed by atoms with van der Waals surface area (Å²) in [5.74, 6) is 1.00. The third-order valence-corrected chi connectivity index (χ3v) is 3.59. The van der Waals surface area contributed by atoms with Crippen LogP contribution in [0.2, 0.25) is 0 Å².